The fourth-order valence-corrected chi connectivity index (χ4v) is 3.78. The van der Waals surface area contributed by atoms with Gasteiger partial charge in [0.1, 0.15) is 6.04 Å². The second kappa shape index (κ2) is 6.80. The SMILES string of the molecule is CO[C@H]1C[C@H](c2nnc([C@@H](C)Cc3cccs3)o2)N(C(C)=O)C1. The van der Waals surface area contributed by atoms with E-state index in [4.69, 9.17) is 9.15 Å². The highest BCUT2D eigenvalue weighted by molar-refractivity contribution is 7.09. The van der Waals surface area contributed by atoms with Crippen LogP contribution in [0.3, 0.4) is 0 Å². The van der Waals surface area contributed by atoms with Gasteiger partial charge in [0.05, 0.1) is 6.10 Å². The van der Waals surface area contributed by atoms with Gasteiger partial charge >= 0.3 is 0 Å². The molecule has 23 heavy (non-hydrogen) atoms. The number of rotatable bonds is 5. The average Bonchev–Trinajstić information content (AvgIpc) is 3.26. The van der Waals surface area contributed by atoms with E-state index in [1.54, 1.807) is 30.3 Å². The minimum Gasteiger partial charge on any atom is -0.423 e. The van der Waals surface area contributed by atoms with Crippen LogP contribution in [0.2, 0.25) is 0 Å². The van der Waals surface area contributed by atoms with E-state index in [1.165, 1.54) is 4.88 Å². The maximum atomic E-state index is 11.8. The Morgan fingerprint density at radius 2 is 2.39 bits per heavy atom. The molecule has 3 rings (SSSR count). The molecule has 2 aromatic heterocycles. The molecule has 0 N–H and O–H groups in total. The normalized spacial score (nSPS) is 22.5. The van der Waals surface area contributed by atoms with E-state index < -0.39 is 0 Å². The van der Waals surface area contributed by atoms with Crippen molar-refractivity contribution in [3.8, 4) is 0 Å². The molecule has 1 aliphatic rings. The summed E-state index contributed by atoms with van der Waals surface area (Å²) in [5, 5.41) is 10.4. The van der Waals surface area contributed by atoms with Gasteiger partial charge in [-0.25, -0.2) is 0 Å². The lowest BCUT2D eigenvalue weighted by atomic mass is 10.1. The van der Waals surface area contributed by atoms with Gasteiger partial charge in [0.2, 0.25) is 17.7 Å². The molecular weight excluding hydrogens is 314 g/mol. The van der Waals surface area contributed by atoms with Crippen molar-refractivity contribution in [3.63, 3.8) is 0 Å². The van der Waals surface area contributed by atoms with E-state index in [0.717, 1.165) is 6.42 Å². The summed E-state index contributed by atoms with van der Waals surface area (Å²) in [6, 6.07) is 3.96. The molecule has 1 saturated heterocycles. The first kappa shape index (κ1) is 16.1. The van der Waals surface area contributed by atoms with Crippen molar-refractivity contribution in [1.29, 1.82) is 0 Å². The molecule has 0 aliphatic carbocycles. The van der Waals surface area contributed by atoms with Gasteiger partial charge in [-0.1, -0.05) is 13.0 Å². The minimum absolute atomic E-state index is 0.000865. The van der Waals surface area contributed by atoms with Crippen LogP contribution in [0.1, 0.15) is 48.9 Å². The number of hydrogen-bond donors (Lipinski definition) is 0. The number of nitrogens with zero attached hydrogens (tertiary/aromatic N) is 3. The summed E-state index contributed by atoms with van der Waals surface area (Å²) in [4.78, 5) is 14.9. The third kappa shape index (κ3) is 3.45. The van der Waals surface area contributed by atoms with Gasteiger partial charge < -0.3 is 14.1 Å². The summed E-state index contributed by atoms with van der Waals surface area (Å²) in [5.41, 5.74) is 0. The molecule has 1 fully saturated rings. The van der Waals surface area contributed by atoms with Crippen molar-refractivity contribution in [2.24, 2.45) is 0 Å². The summed E-state index contributed by atoms with van der Waals surface area (Å²) in [5.74, 6) is 1.28. The van der Waals surface area contributed by atoms with Crippen LogP contribution in [0.25, 0.3) is 0 Å². The van der Waals surface area contributed by atoms with Gasteiger partial charge in [-0.05, 0) is 17.9 Å². The molecule has 1 amide bonds. The van der Waals surface area contributed by atoms with Crippen molar-refractivity contribution < 1.29 is 13.9 Å². The highest BCUT2D eigenvalue weighted by atomic mass is 32.1. The van der Waals surface area contributed by atoms with Gasteiger partial charge in [-0.15, -0.1) is 21.5 Å². The molecular formula is C16H21N3O3S. The molecule has 1 aliphatic heterocycles. The number of ether oxygens (including phenoxy) is 1. The zero-order valence-corrected chi connectivity index (χ0v) is 14.4. The Labute approximate surface area is 139 Å². The Bertz CT molecular complexity index is 655. The van der Waals surface area contributed by atoms with Crippen molar-refractivity contribution in [2.45, 2.75) is 44.8 Å². The van der Waals surface area contributed by atoms with Gasteiger partial charge in [0.15, 0.2) is 0 Å². The maximum absolute atomic E-state index is 11.8. The highest BCUT2D eigenvalue weighted by Crippen LogP contribution is 2.33. The predicted molar refractivity (Wildman–Crippen MR) is 86.3 cm³/mol. The Kier molecular flexibility index (Phi) is 4.77. The lowest BCUT2D eigenvalue weighted by molar-refractivity contribution is -0.130. The van der Waals surface area contributed by atoms with E-state index in [2.05, 4.69) is 28.6 Å². The lowest BCUT2D eigenvalue weighted by Crippen LogP contribution is -2.29. The van der Waals surface area contributed by atoms with Crippen LogP contribution < -0.4 is 0 Å². The number of thiophene rings is 1. The number of amides is 1. The van der Waals surface area contributed by atoms with Gasteiger partial charge in [0, 0.05) is 37.8 Å². The van der Waals surface area contributed by atoms with Gasteiger partial charge in [-0.2, -0.15) is 0 Å². The van der Waals surface area contributed by atoms with Crippen molar-refractivity contribution in [1.82, 2.24) is 15.1 Å². The Hall–Kier alpha value is -1.73. The summed E-state index contributed by atoms with van der Waals surface area (Å²) in [6.07, 6.45) is 1.58. The number of aromatic nitrogens is 2. The van der Waals surface area contributed by atoms with Crippen LogP contribution >= 0.6 is 11.3 Å². The third-order valence-electron chi connectivity index (χ3n) is 4.25. The van der Waals surface area contributed by atoms with Crippen LogP contribution in [0, 0.1) is 0 Å². The van der Waals surface area contributed by atoms with E-state index in [0.29, 0.717) is 24.7 Å². The Balaban J connectivity index is 1.74. The van der Waals surface area contributed by atoms with E-state index in [-0.39, 0.29) is 24.0 Å². The summed E-state index contributed by atoms with van der Waals surface area (Å²) >= 11 is 1.73. The van der Waals surface area contributed by atoms with Crippen LogP contribution in [-0.4, -0.2) is 40.8 Å². The molecule has 6 nitrogen and oxygen atoms in total. The highest BCUT2D eigenvalue weighted by Gasteiger charge is 2.38. The average molecular weight is 335 g/mol. The second-order valence-electron chi connectivity index (χ2n) is 5.94. The lowest BCUT2D eigenvalue weighted by Gasteiger charge is -2.19. The molecule has 3 atom stereocenters. The molecule has 2 aromatic rings. The molecule has 0 saturated carbocycles. The number of carbonyl (C=O) groups excluding carboxylic acids is 1. The molecule has 0 aromatic carbocycles. The predicted octanol–water partition coefficient (Wildman–Crippen LogP) is 2.79. The van der Waals surface area contributed by atoms with E-state index in [9.17, 15) is 4.79 Å². The van der Waals surface area contributed by atoms with Crippen molar-refractivity contribution in [2.75, 3.05) is 13.7 Å². The maximum Gasteiger partial charge on any atom is 0.239 e. The summed E-state index contributed by atoms with van der Waals surface area (Å²) in [6.45, 7) is 4.20. The zero-order chi connectivity index (χ0) is 16.4. The number of hydrogen-bond acceptors (Lipinski definition) is 6. The molecule has 0 radical (unpaired) electrons. The number of carbonyl (C=O) groups is 1. The number of likely N-dealkylation sites (tertiary alicyclic amines) is 1. The smallest absolute Gasteiger partial charge is 0.239 e. The van der Waals surface area contributed by atoms with Gasteiger partial charge in [0.25, 0.3) is 0 Å². The standard InChI is InChI=1S/C16H21N3O3S/c1-10(7-13-5-4-6-23-13)15-17-18-16(22-15)14-8-12(21-3)9-19(14)11(2)20/h4-6,10,12,14H,7-9H2,1-3H3/t10-,12-,14+/m0/s1. The van der Waals surface area contributed by atoms with E-state index in [1.807, 2.05) is 6.07 Å². The van der Waals surface area contributed by atoms with Crippen LogP contribution in [0.4, 0.5) is 0 Å². The van der Waals surface area contributed by atoms with Crippen LogP contribution in [0.5, 0.6) is 0 Å². The molecule has 124 valence electrons. The first-order valence-electron chi connectivity index (χ1n) is 7.74. The Morgan fingerprint density at radius 1 is 1.57 bits per heavy atom. The van der Waals surface area contributed by atoms with Crippen molar-refractivity contribution >= 4 is 17.2 Å². The van der Waals surface area contributed by atoms with Gasteiger partial charge in [-0.3, -0.25) is 4.79 Å². The van der Waals surface area contributed by atoms with Crippen LogP contribution in [-0.2, 0) is 16.0 Å². The molecule has 0 spiro atoms. The first-order valence-corrected chi connectivity index (χ1v) is 8.62. The molecule has 0 unspecified atom stereocenters. The van der Waals surface area contributed by atoms with Crippen LogP contribution in [0.15, 0.2) is 21.9 Å². The second-order valence-corrected chi connectivity index (χ2v) is 6.98. The van der Waals surface area contributed by atoms with Crippen molar-refractivity contribution in [3.05, 3.63) is 34.2 Å². The molecule has 7 heteroatoms. The largest absolute Gasteiger partial charge is 0.423 e. The molecule has 3 heterocycles. The fourth-order valence-electron chi connectivity index (χ4n) is 2.95. The minimum atomic E-state index is -0.187. The first-order chi connectivity index (χ1) is 11.1. The monoisotopic (exact) mass is 335 g/mol. The zero-order valence-electron chi connectivity index (χ0n) is 13.6. The summed E-state index contributed by atoms with van der Waals surface area (Å²) in [7, 11) is 1.66. The third-order valence-corrected chi connectivity index (χ3v) is 5.15. The topological polar surface area (TPSA) is 68.5 Å². The fraction of sp³-hybridized carbons (Fsp3) is 0.562. The van der Waals surface area contributed by atoms with E-state index >= 15 is 0 Å². The quantitative estimate of drug-likeness (QED) is 0.840. The molecule has 0 bridgehead atoms. The summed E-state index contributed by atoms with van der Waals surface area (Å²) < 4.78 is 11.3. The number of methoxy groups -OCH3 is 1. The Morgan fingerprint density at radius 3 is 3.04 bits per heavy atom.